The molecule has 0 amide bonds. The van der Waals surface area contributed by atoms with Gasteiger partial charge in [-0.25, -0.2) is 0 Å². The van der Waals surface area contributed by atoms with Crippen LogP contribution in [0.4, 0.5) is 0 Å². The van der Waals surface area contributed by atoms with Crippen molar-refractivity contribution in [3.63, 3.8) is 0 Å². The Morgan fingerprint density at radius 2 is 1.27 bits per heavy atom. The van der Waals surface area contributed by atoms with E-state index in [1.54, 1.807) is 0 Å². The highest BCUT2D eigenvalue weighted by molar-refractivity contribution is 6.70. The van der Waals surface area contributed by atoms with E-state index in [0.717, 1.165) is 38.5 Å². The Kier molecular flexibility index (Phi) is 4.87. The maximum atomic E-state index is 13.2. The summed E-state index contributed by atoms with van der Waals surface area (Å²) in [5.41, 5.74) is 0.128. The molecule has 4 nitrogen and oxygen atoms in total. The second-order valence-electron chi connectivity index (χ2n) is 9.19. The summed E-state index contributed by atoms with van der Waals surface area (Å²) in [5.74, 6) is 0.660. The molecule has 0 bridgehead atoms. The summed E-state index contributed by atoms with van der Waals surface area (Å²) < 4.78 is 0. The van der Waals surface area contributed by atoms with E-state index in [9.17, 15) is 14.4 Å². The molecule has 0 aliphatic heterocycles. The molecule has 0 aromatic heterocycles. The molecule has 4 aliphatic rings. The molecule has 4 saturated carbocycles. The molecule has 4 aliphatic carbocycles. The number of Topliss-reactive ketones (excluding diaryl/α,β-unsaturated/α-hetero) is 3. The number of hydrogen-bond acceptors (Lipinski definition) is 4. The van der Waals surface area contributed by atoms with Crippen LogP contribution in [0.3, 0.4) is 0 Å². The lowest BCUT2D eigenvalue weighted by atomic mass is 9.74. The van der Waals surface area contributed by atoms with Crippen molar-refractivity contribution < 1.29 is 14.4 Å². The number of fused-ring (bicyclic) bond motifs is 1. The van der Waals surface area contributed by atoms with E-state index in [4.69, 9.17) is 0 Å². The van der Waals surface area contributed by atoms with Gasteiger partial charge in [-0.05, 0) is 43.4 Å². The molecule has 0 saturated heterocycles. The topological polar surface area (TPSA) is 63.6 Å². The Morgan fingerprint density at radius 3 is 1.85 bits per heavy atom. The van der Waals surface area contributed by atoms with Crippen LogP contribution in [0.25, 0.3) is 0 Å². The average molecular weight is 357 g/mol. The van der Waals surface area contributed by atoms with Gasteiger partial charge in [0.25, 0.3) is 0 Å². The van der Waals surface area contributed by atoms with Gasteiger partial charge in [0.2, 0.25) is 0 Å². The monoisotopic (exact) mass is 357 g/mol. The zero-order chi connectivity index (χ0) is 18.4. The van der Waals surface area contributed by atoms with Crippen LogP contribution in [-0.4, -0.2) is 29.1 Å². The molecule has 0 aromatic carbocycles. The third-order valence-electron chi connectivity index (χ3n) is 7.85. The Bertz CT molecular complexity index is 620. The molecule has 0 radical (unpaired) electrons. The highest BCUT2D eigenvalue weighted by Gasteiger charge is 2.52. The molecule has 26 heavy (non-hydrogen) atoms. The number of rotatable bonds is 2. The first-order valence-electron chi connectivity index (χ1n) is 10.7. The largest absolute Gasteiger partial charge is 0.297 e. The molecule has 4 heteroatoms. The van der Waals surface area contributed by atoms with Gasteiger partial charge < -0.3 is 0 Å². The van der Waals surface area contributed by atoms with E-state index in [-0.39, 0.29) is 52.7 Å². The highest BCUT2D eigenvalue weighted by Crippen LogP contribution is 2.45. The quantitative estimate of drug-likeness (QED) is 0.755. The van der Waals surface area contributed by atoms with Crippen LogP contribution < -0.4 is 0 Å². The van der Waals surface area contributed by atoms with Crippen LogP contribution in [0.15, 0.2) is 4.99 Å². The number of aliphatic imine (C=N–C) groups is 1. The number of nitrogens with zero attached hydrogens (tertiary/aromatic N) is 1. The molecule has 4 rings (SSSR count). The molecular weight excluding hydrogens is 326 g/mol. The highest BCUT2D eigenvalue weighted by atomic mass is 16.2. The molecule has 0 aromatic rings. The van der Waals surface area contributed by atoms with Crippen molar-refractivity contribution in [1.82, 2.24) is 0 Å². The van der Waals surface area contributed by atoms with Crippen LogP contribution in [0.2, 0.25) is 0 Å². The Balaban J connectivity index is 1.59. The van der Waals surface area contributed by atoms with Gasteiger partial charge in [-0.15, -0.1) is 0 Å². The Labute approximate surface area is 156 Å². The first kappa shape index (κ1) is 18.1. The van der Waals surface area contributed by atoms with Crippen LogP contribution in [0.1, 0.15) is 71.6 Å². The third-order valence-corrected chi connectivity index (χ3v) is 7.85. The maximum Gasteiger partial charge on any atom is 0.188 e. The summed E-state index contributed by atoms with van der Waals surface area (Å²) in [6.07, 6.45) is 9.65. The second-order valence-corrected chi connectivity index (χ2v) is 9.19. The van der Waals surface area contributed by atoms with E-state index in [1.165, 1.54) is 19.3 Å². The van der Waals surface area contributed by atoms with Crippen molar-refractivity contribution in [2.75, 3.05) is 0 Å². The minimum Gasteiger partial charge on any atom is -0.297 e. The van der Waals surface area contributed by atoms with E-state index in [0.29, 0.717) is 5.92 Å². The van der Waals surface area contributed by atoms with Crippen LogP contribution in [0.5, 0.6) is 0 Å². The number of ketones is 3. The third kappa shape index (κ3) is 2.80. The van der Waals surface area contributed by atoms with Gasteiger partial charge in [-0.3, -0.25) is 19.4 Å². The predicted octanol–water partition coefficient (Wildman–Crippen LogP) is 3.81. The SMILES string of the molecule is CC1C(N=C2C(=O)C3CCCCC3C2=O)C(=O)C(C2CCCCC2)C1C. The zero-order valence-corrected chi connectivity index (χ0v) is 16.1. The molecule has 4 fully saturated rings. The van der Waals surface area contributed by atoms with E-state index in [2.05, 4.69) is 18.8 Å². The normalized spacial score (nSPS) is 41.6. The van der Waals surface area contributed by atoms with Gasteiger partial charge >= 0.3 is 0 Å². The first-order chi connectivity index (χ1) is 12.5. The lowest BCUT2D eigenvalue weighted by Crippen LogP contribution is -2.29. The maximum absolute atomic E-state index is 13.2. The van der Waals surface area contributed by atoms with Gasteiger partial charge in [0.1, 0.15) is 11.8 Å². The van der Waals surface area contributed by atoms with E-state index < -0.39 is 6.04 Å². The van der Waals surface area contributed by atoms with Gasteiger partial charge in [-0.1, -0.05) is 46.0 Å². The zero-order valence-electron chi connectivity index (χ0n) is 16.1. The summed E-state index contributed by atoms with van der Waals surface area (Å²) in [7, 11) is 0. The van der Waals surface area contributed by atoms with Gasteiger partial charge in [0.05, 0.1) is 0 Å². The molecular formula is C22H31NO3. The Hall–Kier alpha value is -1.32. The molecule has 0 spiro atoms. The van der Waals surface area contributed by atoms with Crippen molar-refractivity contribution in [2.24, 2.45) is 40.5 Å². The fourth-order valence-corrected chi connectivity index (χ4v) is 6.16. The summed E-state index contributed by atoms with van der Waals surface area (Å²) >= 11 is 0. The summed E-state index contributed by atoms with van der Waals surface area (Å²) in [6, 6.07) is -0.486. The standard InChI is InChI=1S/C22H31NO3/c1-12-13(2)18(22(26)17(12)14-8-4-3-5-9-14)23-19-20(24)15-10-6-7-11-16(15)21(19)25/h12-18H,3-11H2,1-2H3. The first-order valence-corrected chi connectivity index (χ1v) is 10.7. The van der Waals surface area contributed by atoms with Crippen LogP contribution in [-0.2, 0) is 14.4 Å². The predicted molar refractivity (Wildman–Crippen MR) is 100 cm³/mol. The minimum absolute atomic E-state index is 0.0635. The summed E-state index contributed by atoms with van der Waals surface area (Å²) in [4.78, 5) is 43.3. The van der Waals surface area contributed by atoms with Crippen molar-refractivity contribution >= 4 is 23.1 Å². The van der Waals surface area contributed by atoms with Gasteiger partial charge in [-0.2, -0.15) is 0 Å². The Morgan fingerprint density at radius 1 is 0.731 bits per heavy atom. The van der Waals surface area contributed by atoms with Crippen LogP contribution >= 0.6 is 0 Å². The smallest absolute Gasteiger partial charge is 0.188 e. The van der Waals surface area contributed by atoms with Crippen molar-refractivity contribution in [1.29, 1.82) is 0 Å². The fourth-order valence-electron chi connectivity index (χ4n) is 6.16. The molecule has 6 unspecified atom stereocenters. The number of carbonyl (C=O) groups is 3. The molecule has 0 heterocycles. The number of carbonyl (C=O) groups excluding carboxylic acids is 3. The second kappa shape index (κ2) is 7.01. The lowest BCUT2D eigenvalue weighted by Gasteiger charge is -2.29. The fraction of sp³-hybridized carbons (Fsp3) is 0.818. The van der Waals surface area contributed by atoms with Gasteiger partial charge in [0.15, 0.2) is 17.3 Å². The molecule has 142 valence electrons. The van der Waals surface area contributed by atoms with Crippen LogP contribution in [0, 0.1) is 35.5 Å². The van der Waals surface area contributed by atoms with Crippen molar-refractivity contribution in [3.8, 4) is 0 Å². The van der Waals surface area contributed by atoms with Crippen molar-refractivity contribution in [3.05, 3.63) is 0 Å². The molecule has 0 N–H and O–H groups in total. The van der Waals surface area contributed by atoms with E-state index in [1.807, 2.05) is 0 Å². The number of hydrogen-bond donors (Lipinski definition) is 0. The summed E-state index contributed by atoms with van der Waals surface area (Å²) in [5, 5.41) is 0. The van der Waals surface area contributed by atoms with E-state index >= 15 is 0 Å². The van der Waals surface area contributed by atoms with Gasteiger partial charge in [0, 0.05) is 17.8 Å². The minimum atomic E-state index is -0.486. The average Bonchev–Trinajstić information content (AvgIpc) is 3.03. The summed E-state index contributed by atoms with van der Waals surface area (Å²) in [6.45, 7) is 4.25. The van der Waals surface area contributed by atoms with Crippen molar-refractivity contribution in [2.45, 2.75) is 77.7 Å². The molecule has 6 atom stereocenters. The lowest BCUT2D eigenvalue weighted by molar-refractivity contribution is -0.124.